The van der Waals surface area contributed by atoms with Crippen molar-refractivity contribution >= 4 is 33.3 Å². The number of esters is 1. The van der Waals surface area contributed by atoms with Crippen molar-refractivity contribution in [3.63, 3.8) is 0 Å². The molecule has 0 aliphatic carbocycles. The first-order valence-corrected chi connectivity index (χ1v) is 12.5. The van der Waals surface area contributed by atoms with Crippen LogP contribution in [0.3, 0.4) is 0 Å². The molecule has 0 aromatic heterocycles. The van der Waals surface area contributed by atoms with Crippen LogP contribution in [0, 0.1) is 6.92 Å². The van der Waals surface area contributed by atoms with Crippen molar-refractivity contribution in [1.82, 2.24) is 0 Å². The Bertz CT molecular complexity index is 1320. The van der Waals surface area contributed by atoms with Crippen LogP contribution in [0.5, 0.6) is 11.5 Å². The van der Waals surface area contributed by atoms with Crippen LogP contribution in [-0.4, -0.2) is 47.7 Å². The van der Waals surface area contributed by atoms with Crippen LogP contribution < -0.4 is 19.1 Å². The third-order valence-electron chi connectivity index (χ3n) is 5.23. The lowest BCUT2D eigenvalue weighted by molar-refractivity contribution is -0.114. The molecule has 0 atom stereocenters. The maximum absolute atomic E-state index is 13.7. The van der Waals surface area contributed by atoms with E-state index in [0.29, 0.717) is 22.7 Å². The summed E-state index contributed by atoms with van der Waals surface area (Å²) in [7, 11) is -1.30. The molecule has 10 heteroatoms. The minimum atomic E-state index is -4.16. The number of ether oxygens (including phenoxy) is 3. The summed E-state index contributed by atoms with van der Waals surface area (Å²) < 4.78 is 43.7. The molecule has 1 N–H and O–H groups in total. The van der Waals surface area contributed by atoms with E-state index in [1.807, 2.05) is 6.92 Å². The summed E-state index contributed by atoms with van der Waals surface area (Å²) in [6.45, 7) is 3.35. The Hall–Kier alpha value is -4.05. The fourth-order valence-electron chi connectivity index (χ4n) is 3.37. The third kappa shape index (κ3) is 6.14. The second kappa shape index (κ2) is 11.6. The van der Waals surface area contributed by atoms with Gasteiger partial charge in [-0.2, -0.15) is 0 Å². The molecule has 3 aromatic carbocycles. The normalized spacial score (nSPS) is 10.9. The topological polar surface area (TPSA) is 111 Å². The summed E-state index contributed by atoms with van der Waals surface area (Å²) in [4.78, 5) is 24.7. The van der Waals surface area contributed by atoms with Crippen LogP contribution in [0.2, 0.25) is 0 Å². The maximum atomic E-state index is 13.7. The molecule has 3 rings (SSSR count). The van der Waals surface area contributed by atoms with Crippen molar-refractivity contribution in [2.24, 2.45) is 0 Å². The Labute approximate surface area is 210 Å². The van der Waals surface area contributed by atoms with Gasteiger partial charge in [-0.05, 0) is 62.4 Å². The monoisotopic (exact) mass is 512 g/mol. The minimum absolute atomic E-state index is 0.0627. The van der Waals surface area contributed by atoms with Gasteiger partial charge in [0.1, 0.15) is 6.54 Å². The molecule has 0 bridgehead atoms. The van der Waals surface area contributed by atoms with E-state index in [2.05, 4.69) is 5.32 Å². The number of aryl methyl sites for hydroxylation is 1. The third-order valence-corrected chi connectivity index (χ3v) is 7.00. The molecule has 0 aliphatic heterocycles. The van der Waals surface area contributed by atoms with Gasteiger partial charge in [0.2, 0.25) is 5.91 Å². The minimum Gasteiger partial charge on any atom is -0.493 e. The highest BCUT2D eigenvalue weighted by Crippen LogP contribution is 2.32. The van der Waals surface area contributed by atoms with Gasteiger partial charge in [0.05, 0.1) is 37.0 Å². The number of sulfonamides is 1. The number of carbonyl (C=O) groups excluding carboxylic acids is 2. The standard InChI is InChI=1S/C26H28N2O7S/c1-5-35-26(30)19-8-10-20(11-9-19)27-25(29)17-28(21-12-6-18(2)7-13-21)36(31,32)22-14-15-23(33-3)24(16-22)34-4/h6-16H,5,17H2,1-4H3,(H,27,29). The summed E-state index contributed by atoms with van der Waals surface area (Å²) in [5.74, 6) is -0.415. The average Bonchev–Trinajstić information content (AvgIpc) is 2.88. The van der Waals surface area contributed by atoms with Crippen molar-refractivity contribution in [2.45, 2.75) is 18.7 Å². The second-order valence-electron chi connectivity index (χ2n) is 7.71. The van der Waals surface area contributed by atoms with E-state index < -0.39 is 28.4 Å². The molecule has 0 saturated carbocycles. The van der Waals surface area contributed by atoms with Gasteiger partial charge in [0.15, 0.2) is 11.5 Å². The zero-order valence-electron chi connectivity index (χ0n) is 20.5. The van der Waals surface area contributed by atoms with Crippen molar-refractivity contribution < 1.29 is 32.2 Å². The Kier molecular flexibility index (Phi) is 8.55. The van der Waals surface area contributed by atoms with E-state index in [1.54, 1.807) is 43.3 Å². The molecule has 1 amide bonds. The average molecular weight is 513 g/mol. The Morgan fingerprint density at radius 1 is 0.889 bits per heavy atom. The van der Waals surface area contributed by atoms with Gasteiger partial charge in [-0.1, -0.05) is 17.7 Å². The number of nitrogens with zero attached hydrogens (tertiary/aromatic N) is 1. The van der Waals surface area contributed by atoms with E-state index in [0.717, 1.165) is 9.87 Å². The summed E-state index contributed by atoms with van der Waals surface area (Å²) in [6.07, 6.45) is 0. The number of methoxy groups -OCH3 is 2. The van der Waals surface area contributed by atoms with E-state index in [4.69, 9.17) is 14.2 Å². The van der Waals surface area contributed by atoms with Crippen molar-refractivity contribution in [2.75, 3.05) is 37.0 Å². The molecular weight excluding hydrogens is 484 g/mol. The number of carbonyl (C=O) groups is 2. The second-order valence-corrected chi connectivity index (χ2v) is 9.57. The van der Waals surface area contributed by atoms with E-state index in [1.165, 1.54) is 44.6 Å². The molecule has 36 heavy (non-hydrogen) atoms. The van der Waals surface area contributed by atoms with Gasteiger partial charge in [-0.25, -0.2) is 13.2 Å². The number of hydrogen-bond acceptors (Lipinski definition) is 7. The highest BCUT2D eigenvalue weighted by atomic mass is 32.2. The molecule has 0 unspecified atom stereocenters. The lowest BCUT2D eigenvalue weighted by Crippen LogP contribution is -2.38. The molecule has 3 aromatic rings. The molecule has 9 nitrogen and oxygen atoms in total. The van der Waals surface area contributed by atoms with Crippen LogP contribution in [0.25, 0.3) is 0 Å². The smallest absolute Gasteiger partial charge is 0.338 e. The van der Waals surface area contributed by atoms with Crippen LogP contribution in [0.4, 0.5) is 11.4 Å². The van der Waals surface area contributed by atoms with Crippen LogP contribution in [0.15, 0.2) is 71.6 Å². The van der Waals surface area contributed by atoms with Crippen molar-refractivity contribution in [3.8, 4) is 11.5 Å². The molecular formula is C26H28N2O7S. The van der Waals surface area contributed by atoms with Gasteiger partial charge >= 0.3 is 5.97 Å². The Morgan fingerprint density at radius 3 is 2.11 bits per heavy atom. The summed E-state index contributed by atoms with van der Waals surface area (Å²) in [6, 6.07) is 17.2. The molecule has 0 spiro atoms. The van der Waals surface area contributed by atoms with Crippen LogP contribution in [0.1, 0.15) is 22.8 Å². The molecule has 0 fully saturated rings. The molecule has 0 aliphatic rings. The zero-order valence-corrected chi connectivity index (χ0v) is 21.3. The van der Waals surface area contributed by atoms with Crippen LogP contribution in [-0.2, 0) is 19.6 Å². The predicted molar refractivity (Wildman–Crippen MR) is 136 cm³/mol. The SMILES string of the molecule is CCOC(=O)c1ccc(NC(=O)CN(c2ccc(C)cc2)S(=O)(=O)c2ccc(OC)c(OC)c2)cc1. The van der Waals surface area contributed by atoms with Gasteiger partial charge < -0.3 is 19.5 Å². The predicted octanol–water partition coefficient (Wildman–Crippen LogP) is 4.02. The number of amides is 1. The van der Waals surface area contributed by atoms with Gasteiger partial charge in [-0.3, -0.25) is 9.10 Å². The zero-order chi connectivity index (χ0) is 26.3. The fourth-order valence-corrected chi connectivity index (χ4v) is 4.80. The number of hydrogen-bond donors (Lipinski definition) is 1. The van der Waals surface area contributed by atoms with Crippen molar-refractivity contribution in [1.29, 1.82) is 0 Å². The highest BCUT2D eigenvalue weighted by Gasteiger charge is 2.28. The summed E-state index contributed by atoms with van der Waals surface area (Å²) >= 11 is 0. The molecule has 0 heterocycles. The number of nitrogens with one attached hydrogen (secondary N) is 1. The summed E-state index contributed by atoms with van der Waals surface area (Å²) in [5.41, 5.74) is 2.00. The quantitative estimate of drug-likeness (QED) is 0.409. The van der Waals surface area contributed by atoms with E-state index >= 15 is 0 Å². The van der Waals surface area contributed by atoms with Gasteiger partial charge in [0, 0.05) is 11.8 Å². The Morgan fingerprint density at radius 2 is 1.53 bits per heavy atom. The first-order chi connectivity index (χ1) is 17.2. The Balaban J connectivity index is 1.90. The highest BCUT2D eigenvalue weighted by molar-refractivity contribution is 7.92. The van der Waals surface area contributed by atoms with Crippen molar-refractivity contribution in [3.05, 3.63) is 77.9 Å². The first kappa shape index (κ1) is 26.6. The van der Waals surface area contributed by atoms with Gasteiger partial charge in [0.25, 0.3) is 10.0 Å². The fraction of sp³-hybridized carbons (Fsp3) is 0.231. The maximum Gasteiger partial charge on any atom is 0.338 e. The lowest BCUT2D eigenvalue weighted by Gasteiger charge is -2.24. The molecule has 0 saturated heterocycles. The first-order valence-electron chi connectivity index (χ1n) is 11.1. The van der Waals surface area contributed by atoms with E-state index in [9.17, 15) is 18.0 Å². The summed E-state index contributed by atoms with van der Waals surface area (Å²) in [5, 5.41) is 2.67. The molecule has 190 valence electrons. The number of anilines is 2. The number of benzene rings is 3. The van der Waals surface area contributed by atoms with E-state index in [-0.39, 0.29) is 17.3 Å². The lowest BCUT2D eigenvalue weighted by atomic mass is 10.2. The largest absolute Gasteiger partial charge is 0.493 e. The number of rotatable bonds is 10. The van der Waals surface area contributed by atoms with Gasteiger partial charge in [-0.15, -0.1) is 0 Å². The molecule has 0 radical (unpaired) electrons. The van der Waals surface area contributed by atoms with Crippen LogP contribution >= 0.6 is 0 Å².